The van der Waals surface area contributed by atoms with E-state index < -0.39 is 6.09 Å². The van der Waals surface area contributed by atoms with Crippen LogP contribution in [-0.2, 0) is 0 Å². The summed E-state index contributed by atoms with van der Waals surface area (Å²) in [6.07, 6.45) is 1.65. The van der Waals surface area contributed by atoms with E-state index in [-0.39, 0.29) is 5.54 Å². The summed E-state index contributed by atoms with van der Waals surface area (Å²) in [5.41, 5.74) is 0.271. The van der Waals surface area contributed by atoms with Crippen LogP contribution in [0, 0.1) is 0 Å². The van der Waals surface area contributed by atoms with E-state index in [1.807, 2.05) is 0 Å². The molecule has 2 aliphatic heterocycles. The van der Waals surface area contributed by atoms with Crippen molar-refractivity contribution in [3.8, 4) is 0 Å². The van der Waals surface area contributed by atoms with Crippen LogP contribution in [0.15, 0.2) is 0 Å². The minimum Gasteiger partial charge on any atom is -0.465 e. The quantitative estimate of drug-likeness (QED) is 0.784. The van der Waals surface area contributed by atoms with Crippen LogP contribution in [0.5, 0.6) is 0 Å². The first-order chi connectivity index (χ1) is 8.88. The van der Waals surface area contributed by atoms with Crippen LogP contribution in [0.3, 0.4) is 0 Å². The molecule has 1 N–H and O–H groups in total. The molecule has 19 heavy (non-hydrogen) atoms. The average Bonchev–Trinajstić information content (AvgIpc) is 2.38. The van der Waals surface area contributed by atoms with Crippen molar-refractivity contribution in [2.45, 2.75) is 45.2 Å². The number of rotatable bonds is 1. The van der Waals surface area contributed by atoms with Crippen molar-refractivity contribution in [1.29, 1.82) is 0 Å². The number of hydrogen-bond acceptors (Lipinski definition) is 3. The zero-order valence-corrected chi connectivity index (χ0v) is 12.4. The molecule has 2 saturated heterocycles. The largest absolute Gasteiger partial charge is 0.465 e. The van der Waals surface area contributed by atoms with E-state index in [1.54, 1.807) is 0 Å². The van der Waals surface area contributed by atoms with Crippen LogP contribution < -0.4 is 0 Å². The highest BCUT2D eigenvalue weighted by Crippen LogP contribution is 2.23. The Kier molecular flexibility index (Phi) is 4.36. The van der Waals surface area contributed by atoms with Crippen molar-refractivity contribution in [3.05, 3.63) is 0 Å². The maximum Gasteiger partial charge on any atom is 0.407 e. The van der Waals surface area contributed by atoms with E-state index in [9.17, 15) is 4.79 Å². The summed E-state index contributed by atoms with van der Waals surface area (Å²) in [7, 11) is 0. The molecular weight excluding hydrogens is 242 g/mol. The third-order valence-corrected chi connectivity index (χ3v) is 4.51. The van der Waals surface area contributed by atoms with Crippen LogP contribution in [-0.4, -0.2) is 76.7 Å². The lowest BCUT2D eigenvalue weighted by molar-refractivity contribution is 0.0332. The highest BCUT2D eigenvalue weighted by molar-refractivity contribution is 5.65. The van der Waals surface area contributed by atoms with E-state index in [0.29, 0.717) is 19.1 Å². The van der Waals surface area contributed by atoms with Gasteiger partial charge in [0.25, 0.3) is 0 Å². The zero-order chi connectivity index (χ0) is 14.0. The number of nitrogens with zero attached hydrogens (tertiary/aromatic N) is 3. The van der Waals surface area contributed by atoms with Crippen LogP contribution in [0.2, 0.25) is 0 Å². The van der Waals surface area contributed by atoms with E-state index in [4.69, 9.17) is 5.11 Å². The Morgan fingerprint density at radius 1 is 1.00 bits per heavy atom. The molecule has 110 valence electrons. The first-order valence-corrected chi connectivity index (χ1v) is 7.35. The number of carboxylic acid groups (broad SMARTS) is 1. The lowest BCUT2D eigenvalue weighted by Crippen LogP contribution is -2.55. The molecule has 0 radical (unpaired) electrons. The summed E-state index contributed by atoms with van der Waals surface area (Å²) >= 11 is 0. The summed E-state index contributed by atoms with van der Waals surface area (Å²) in [6.45, 7) is 12.3. The maximum atomic E-state index is 10.9. The maximum absolute atomic E-state index is 10.9. The normalized spacial score (nSPS) is 24.7. The van der Waals surface area contributed by atoms with E-state index in [2.05, 4.69) is 30.6 Å². The van der Waals surface area contributed by atoms with Crippen molar-refractivity contribution in [2.75, 3.05) is 39.3 Å². The SMILES string of the molecule is CC(C)(C)N1CCC(N2CCN(C(=O)O)CC2)CC1. The predicted molar refractivity (Wildman–Crippen MR) is 75.5 cm³/mol. The third kappa shape index (κ3) is 3.60. The smallest absolute Gasteiger partial charge is 0.407 e. The molecule has 0 saturated carbocycles. The molecule has 0 atom stereocenters. The van der Waals surface area contributed by atoms with Crippen LogP contribution in [0.1, 0.15) is 33.6 Å². The second-order valence-corrected chi connectivity index (χ2v) is 6.69. The van der Waals surface area contributed by atoms with Gasteiger partial charge in [0.15, 0.2) is 0 Å². The standard InChI is InChI=1S/C14H27N3O2/c1-14(2,3)17-6-4-12(5-7-17)15-8-10-16(11-9-15)13(18)19/h12H,4-11H2,1-3H3,(H,18,19). The number of piperazine rings is 1. The monoisotopic (exact) mass is 269 g/mol. The average molecular weight is 269 g/mol. The fraction of sp³-hybridized carbons (Fsp3) is 0.929. The number of carbonyl (C=O) groups is 1. The molecule has 0 aromatic carbocycles. The van der Waals surface area contributed by atoms with E-state index in [0.717, 1.165) is 26.2 Å². The summed E-state index contributed by atoms with van der Waals surface area (Å²) < 4.78 is 0. The molecule has 2 fully saturated rings. The van der Waals surface area contributed by atoms with Crippen molar-refractivity contribution >= 4 is 6.09 Å². The molecule has 0 spiro atoms. The Hall–Kier alpha value is -0.810. The van der Waals surface area contributed by atoms with E-state index >= 15 is 0 Å². The third-order valence-electron chi connectivity index (χ3n) is 4.51. The van der Waals surface area contributed by atoms with Gasteiger partial charge in [-0.3, -0.25) is 9.80 Å². The van der Waals surface area contributed by atoms with Gasteiger partial charge in [0.1, 0.15) is 0 Å². The molecule has 0 aromatic heterocycles. The van der Waals surface area contributed by atoms with Gasteiger partial charge in [-0.25, -0.2) is 4.79 Å². The number of piperidine rings is 1. The Morgan fingerprint density at radius 2 is 1.53 bits per heavy atom. The number of likely N-dealkylation sites (tertiary alicyclic amines) is 1. The molecule has 1 amide bonds. The highest BCUT2D eigenvalue weighted by atomic mass is 16.4. The van der Waals surface area contributed by atoms with Gasteiger partial charge in [0, 0.05) is 50.8 Å². The molecule has 2 rings (SSSR count). The minimum atomic E-state index is -0.776. The molecular formula is C14H27N3O2. The van der Waals surface area contributed by atoms with Gasteiger partial charge in [-0.2, -0.15) is 0 Å². The fourth-order valence-electron chi connectivity index (χ4n) is 3.18. The summed E-state index contributed by atoms with van der Waals surface area (Å²) in [5.74, 6) is 0. The van der Waals surface area contributed by atoms with Crippen molar-refractivity contribution in [2.24, 2.45) is 0 Å². The highest BCUT2D eigenvalue weighted by Gasteiger charge is 2.31. The number of hydrogen-bond donors (Lipinski definition) is 1. The Morgan fingerprint density at radius 3 is 1.95 bits per heavy atom. The van der Waals surface area contributed by atoms with Gasteiger partial charge in [-0.1, -0.05) is 0 Å². The molecule has 5 nitrogen and oxygen atoms in total. The second-order valence-electron chi connectivity index (χ2n) is 6.69. The van der Waals surface area contributed by atoms with Crippen LogP contribution >= 0.6 is 0 Å². The molecule has 0 unspecified atom stereocenters. The molecule has 2 aliphatic rings. The molecule has 0 aliphatic carbocycles. The number of amides is 1. The van der Waals surface area contributed by atoms with Crippen molar-refractivity contribution in [1.82, 2.24) is 14.7 Å². The van der Waals surface area contributed by atoms with Gasteiger partial charge in [-0.05, 0) is 33.6 Å². The molecule has 5 heteroatoms. The lowest BCUT2D eigenvalue weighted by Gasteiger charge is -2.45. The van der Waals surface area contributed by atoms with Gasteiger partial charge >= 0.3 is 6.09 Å². The van der Waals surface area contributed by atoms with Crippen LogP contribution in [0.25, 0.3) is 0 Å². The summed E-state index contributed by atoms with van der Waals surface area (Å²) in [5, 5.41) is 8.96. The van der Waals surface area contributed by atoms with Gasteiger partial charge in [0.05, 0.1) is 0 Å². The van der Waals surface area contributed by atoms with Gasteiger partial charge in [-0.15, -0.1) is 0 Å². The van der Waals surface area contributed by atoms with Crippen LogP contribution in [0.4, 0.5) is 4.79 Å². The lowest BCUT2D eigenvalue weighted by atomic mass is 9.96. The summed E-state index contributed by atoms with van der Waals surface area (Å²) in [6, 6.07) is 0.648. The molecule has 0 bridgehead atoms. The zero-order valence-electron chi connectivity index (χ0n) is 12.4. The molecule has 0 aromatic rings. The van der Waals surface area contributed by atoms with Gasteiger partial charge in [0.2, 0.25) is 0 Å². The predicted octanol–water partition coefficient (Wildman–Crippen LogP) is 1.54. The Balaban J connectivity index is 1.78. The fourth-order valence-corrected chi connectivity index (χ4v) is 3.18. The van der Waals surface area contributed by atoms with E-state index in [1.165, 1.54) is 17.7 Å². The Bertz CT molecular complexity index is 311. The minimum absolute atomic E-state index is 0.271. The first-order valence-electron chi connectivity index (χ1n) is 7.35. The second kappa shape index (κ2) is 5.67. The first kappa shape index (κ1) is 14.6. The Labute approximate surface area is 116 Å². The topological polar surface area (TPSA) is 47.0 Å². The summed E-state index contributed by atoms with van der Waals surface area (Å²) in [4.78, 5) is 17.5. The van der Waals surface area contributed by atoms with Crippen molar-refractivity contribution in [3.63, 3.8) is 0 Å². The van der Waals surface area contributed by atoms with Crippen molar-refractivity contribution < 1.29 is 9.90 Å². The van der Waals surface area contributed by atoms with Gasteiger partial charge < -0.3 is 10.0 Å². The molecule has 2 heterocycles.